The lowest BCUT2D eigenvalue weighted by molar-refractivity contribution is -0.148. The van der Waals surface area contributed by atoms with Crippen LogP contribution in [0.25, 0.3) is 12.2 Å². The van der Waals surface area contributed by atoms with Gasteiger partial charge in [0.1, 0.15) is 23.0 Å². The molecule has 2 aromatic rings. The van der Waals surface area contributed by atoms with Crippen LogP contribution in [0.4, 0.5) is 0 Å². The highest BCUT2D eigenvalue weighted by Crippen LogP contribution is 2.25. The maximum atomic E-state index is 11.2. The average molecular weight is 417 g/mol. The Labute approximate surface area is 177 Å². The van der Waals surface area contributed by atoms with Gasteiger partial charge >= 0.3 is 11.9 Å². The molecule has 2 rings (SSSR count). The zero-order valence-corrected chi connectivity index (χ0v) is 18.2. The molecule has 30 heavy (non-hydrogen) atoms. The summed E-state index contributed by atoms with van der Waals surface area (Å²) >= 11 is 0. The van der Waals surface area contributed by atoms with Crippen LogP contribution >= 0.6 is 0 Å². The molecule has 2 N–H and O–H groups in total. The van der Waals surface area contributed by atoms with Crippen LogP contribution in [0.15, 0.2) is 33.1 Å². The van der Waals surface area contributed by atoms with E-state index in [2.05, 4.69) is 0 Å². The first-order chi connectivity index (χ1) is 14.0. The van der Waals surface area contributed by atoms with Gasteiger partial charge in [-0.15, -0.1) is 0 Å². The van der Waals surface area contributed by atoms with Gasteiger partial charge in [0.05, 0.1) is 10.8 Å². The van der Waals surface area contributed by atoms with Gasteiger partial charge in [-0.1, -0.05) is 0 Å². The molecule has 0 fully saturated rings. The summed E-state index contributed by atoms with van der Waals surface area (Å²) in [5, 5.41) is 18.3. The van der Waals surface area contributed by atoms with E-state index >= 15 is 0 Å². The van der Waals surface area contributed by atoms with Crippen LogP contribution in [0.5, 0.6) is 0 Å². The highest BCUT2D eigenvalue weighted by Gasteiger charge is 2.27. The first-order valence-corrected chi connectivity index (χ1v) is 10.3. The van der Waals surface area contributed by atoms with E-state index in [0.717, 1.165) is 24.4 Å². The number of aliphatic carboxylic acids is 2. The van der Waals surface area contributed by atoms with Crippen LogP contribution in [0.3, 0.4) is 0 Å². The van der Waals surface area contributed by atoms with Crippen LogP contribution < -0.4 is 0 Å². The van der Waals surface area contributed by atoms with Crippen LogP contribution in [0.2, 0.25) is 0 Å². The second kappa shape index (κ2) is 9.83. The Bertz CT molecular complexity index is 809. The highest BCUT2D eigenvalue weighted by atomic mass is 16.4. The zero-order valence-electron chi connectivity index (χ0n) is 18.2. The summed E-state index contributed by atoms with van der Waals surface area (Å²) in [5.74, 6) is 1.52. The van der Waals surface area contributed by atoms with Crippen LogP contribution in [-0.2, 0) is 22.4 Å². The molecule has 2 heterocycles. The molecule has 0 radical (unpaired) electrons. The first-order valence-electron chi connectivity index (χ1n) is 10.3. The lowest BCUT2D eigenvalue weighted by atomic mass is 9.87. The minimum absolute atomic E-state index is 0.590. The number of rotatable bonds is 12. The third-order valence-electron chi connectivity index (χ3n) is 5.38. The second-order valence-corrected chi connectivity index (χ2v) is 9.03. The largest absolute Gasteiger partial charge is 0.481 e. The Hall–Kier alpha value is -2.76. The predicted molar refractivity (Wildman–Crippen MR) is 115 cm³/mol. The summed E-state index contributed by atoms with van der Waals surface area (Å²) in [4.78, 5) is 22.3. The summed E-state index contributed by atoms with van der Waals surface area (Å²) in [7, 11) is 0. The number of hydrogen-bond donors (Lipinski definition) is 2. The Morgan fingerprint density at radius 3 is 1.47 bits per heavy atom. The van der Waals surface area contributed by atoms with E-state index in [0.29, 0.717) is 37.2 Å². The Morgan fingerprint density at radius 1 is 0.767 bits per heavy atom. The van der Waals surface area contributed by atoms with Gasteiger partial charge in [0.2, 0.25) is 0 Å². The normalized spacial score (nSPS) is 12.5. The monoisotopic (exact) mass is 416 g/mol. The molecule has 0 aromatic carbocycles. The number of carboxylic acids is 2. The lowest BCUT2D eigenvalue weighted by Gasteiger charge is -2.18. The van der Waals surface area contributed by atoms with Gasteiger partial charge in [0, 0.05) is 12.8 Å². The third kappa shape index (κ3) is 6.94. The fraction of sp³-hybridized carbons (Fsp3) is 0.500. The first kappa shape index (κ1) is 23.5. The molecule has 0 saturated heterocycles. The maximum absolute atomic E-state index is 11.2. The summed E-state index contributed by atoms with van der Waals surface area (Å²) in [6, 6.07) is 7.58. The van der Waals surface area contributed by atoms with E-state index < -0.39 is 22.8 Å². The average Bonchev–Trinajstić information content (AvgIpc) is 3.29. The molecule has 0 saturated carbocycles. The van der Waals surface area contributed by atoms with Crippen molar-refractivity contribution >= 4 is 24.1 Å². The fourth-order valence-electron chi connectivity index (χ4n) is 3.02. The molecule has 0 aliphatic carbocycles. The maximum Gasteiger partial charge on any atom is 0.309 e. The summed E-state index contributed by atoms with van der Waals surface area (Å²) < 4.78 is 11.6. The second-order valence-electron chi connectivity index (χ2n) is 9.03. The molecule has 2 aromatic heterocycles. The summed E-state index contributed by atoms with van der Waals surface area (Å²) in [6.45, 7) is 6.93. The van der Waals surface area contributed by atoms with Crippen molar-refractivity contribution in [3.63, 3.8) is 0 Å². The minimum Gasteiger partial charge on any atom is -0.481 e. The molecule has 6 nitrogen and oxygen atoms in total. The molecule has 164 valence electrons. The fourth-order valence-corrected chi connectivity index (χ4v) is 3.02. The van der Waals surface area contributed by atoms with Crippen LogP contribution in [0, 0.1) is 10.8 Å². The molecular weight excluding hydrogens is 384 g/mol. The molecule has 0 aliphatic rings. The molecule has 0 atom stereocenters. The number of hydrogen-bond acceptors (Lipinski definition) is 4. The van der Waals surface area contributed by atoms with E-state index in [1.165, 1.54) is 0 Å². The van der Waals surface area contributed by atoms with Crippen molar-refractivity contribution in [3.8, 4) is 0 Å². The molecule has 0 aliphatic heterocycles. The standard InChI is InChI=1S/C24H32O6/c1-23(2,21(25)26)15-5-7-17-9-11-19(29-17)13-14-20-12-10-18(30-20)8-6-16-24(3,4)22(27)28/h9-14H,5-8,15-16H2,1-4H3,(H,25,26)(H,27,28). The van der Waals surface area contributed by atoms with Crippen molar-refractivity contribution in [2.45, 2.75) is 66.2 Å². The molecule has 0 bridgehead atoms. The number of carbonyl (C=O) groups is 2. The third-order valence-corrected chi connectivity index (χ3v) is 5.38. The van der Waals surface area contributed by atoms with Gasteiger partial charge in [-0.3, -0.25) is 9.59 Å². The Kier molecular flexibility index (Phi) is 7.71. The summed E-state index contributed by atoms with van der Waals surface area (Å²) in [6.07, 6.45) is 7.73. The number of furan rings is 2. The van der Waals surface area contributed by atoms with Crippen molar-refractivity contribution in [1.82, 2.24) is 0 Å². The SMILES string of the molecule is CC(C)(CCCc1ccc(C=Cc2ccc(CCCC(C)(C)C(=O)O)o2)o1)C(=O)O. The van der Waals surface area contributed by atoms with Crippen molar-refractivity contribution in [2.75, 3.05) is 0 Å². The quantitative estimate of drug-likeness (QED) is 0.446. The van der Waals surface area contributed by atoms with Crippen molar-refractivity contribution in [3.05, 3.63) is 47.3 Å². The number of aryl methyl sites for hydroxylation is 2. The van der Waals surface area contributed by atoms with Crippen molar-refractivity contribution < 1.29 is 28.6 Å². The molecule has 0 unspecified atom stereocenters. The van der Waals surface area contributed by atoms with E-state index in [1.54, 1.807) is 27.7 Å². The molecular formula is C24H32O6. The number of carboxylic acid groups (broad SMARTS) is 2. The summed E-state index contributed by atoms with van der Waals surface area (Å²) in [5.41, 5.74) is -1.45. The van der Waals surface area contributed by atoms with Gasteiger partial charge in [-0.25, -0.2) is 0 Å². The van der Waals surface area contributed by atoms with Gasteiger partial charge < -0.3 is 19.0 Å². The van der Waals surface area contributed by atoms with Gasteiger partial charge in [0.15, 0.2) is 0 Å². The minimum atomic E-state index is -0.783. The van der Waals surface area contributed by atoms with E-state index in [9.17, 15) is 9.59 Å². The van der Waals surface area contributed by atoms with E-state index in [1.807, 2.05) is 36.4 Å². The van der Waals surface area contributed by atoms with Gasteiger partial charge in [-0.05, 0) is 89.8 Å². The smallest absolute Gasteiger partial charge is 0.309 e. The topological polar surface area (TPSA) is 101 Å². The lowest BCUT2D eigenvalue weighted by Crippen LogP contribution is -2.23. The van der Waals surface area contributed by atoms with Gasteiger partial charge in [-0.2, -0.15) is 0 Å². The molecule has 6 heteroatoms. The Balaban J connectivity index is 1.82. The van der Waals surface area contributed by atoms with Crippen LogP contribution in [-0.4, -0.2) is 22.2 Å². The molecule has 0 amide bonds. The van der Waals surface area contributed by atoms with E-state index in [4.69, 9.17) is 19.0 Å². The van der Waals surface area contributed by atoms with Crippen molar-refractivity contribution in [1.29, 1.82) is 0 Å². The van der Waals surface area contributed by atoms with Gasteiger partial charge in [0.25, 0.3) is 0 Å². The van der Waals surface area contributed by atoms with E-state index in [-0.39, 0.29) is 0 Å². The Morgan fingerprint density at radius 2 is 1.13 bits per heavy atom. The predicted octanol–water partition coefficient (Wildman–Crippen LogP) is 5.91. The van der Waals surface area contributed by atoms with Crippen molar-refractivity contribution in [2.24, 2.45) is 10.8 Å². The zero-order chi connectivity index (χ0) is 22.4. The highest BCUT2D eigenvalue weighted by molar-refractivity contribution is 5.73. The molecule has 0 spiro atoms. The van der Waals surface area contributed by atoms with Crippen LogP contribution in [0.1, 0.15) is 76.4 Å².